The first kappa shape index (κ1) is 21.5. The summed E-state index contributed by atoms with van der Waals surface area (Å²) in [6, 6.07) is 11.9. The van der Waals surface area contributed by atoms with Crippen LogP contribution < -0.4 is 15.8 Å². The average molecular weight is 438 g/mol. The van der Waals surface area contributed by atoms with Crippen LogP contribution in [-0.2, 0) is 7.05 Å². The molecule has 1 aliphatic heterocycles. The molecule has 0 amide bonds. The second-order valence-corrected chi connectivity index (χ2v) is 8.73. The molecule has 1 N–H and O–H groups in total. The van der Waals surface area contributed by atoms with Crippen molar-refractivity contribution in [3.63, 3.8) is 0 Å². The first-order chi connectivity index (χ1) is 15.0. The maximum absolute atomic E-state index is 13.6. The van der Waals surface area contributed by atoms with Crippen LogP contribution in [-0.4, -0.2) is 39.7 Å². The molecule has 1 atom stereocenters. The number of hydrogen-bond donors (Lipinski definition) is 1. The first-order valence-electron chi connectivity index (χ1n) is 10.7. The second kappa shape index (κ2) is 9.20. The Morgan fingerprint density at radius 2 is 1.84 bits per heavy atom. The van der Waals surface area contributed by atoms with E-state index in [-0.39, 0.29) is 5.56 Å². The Hall–Kier alpha value is -2.70. The van der Waals surface area contributed by atoms with Gasteiger partial charge in [0.1, 0.15) is 0 Å². The van der Waals surface area contributed by atoms with Crippen LogP contribution in [0.4, 0.5) is 5.95 Å². The molecule has 0 spiro atoms. The van der Waals surface area contributed by atoms with Gasteiger partial charge in [-0.3, -0.25) is 14.3 Å². The number of rotatable bonds is 6. The summed E-state index contributed by atoms with van der Waals surface area (Å²) in [5.41, 5.74) is 2.85. The number of nitrogens with zero attached hydrogens (tertiary/aromatic N) is 4. The number of benzene rings is 1. The lowest BCUT2D eigenvalue weighted by atomic mass is 10.0. The van der Waals surface area contributed by atoms with Crippen LogP contribution in [0.3, 0.4) is 0 Å². The maximum Gasteiger partial charge on any atom is 0.263 e. The van der Waals surface area contributed by atoms with Crippen LogP contribution in [0.5, 0.6) is 0 Å². The van der Waals surface area contributed by atoms with Gasteiger partial charge in [-0.05, 0) is 42.7 Å². The highest BCUT2D eigenvalue weighted by Crippen LogP contribution is 2.32. The van der Waals surface area contributed by atoms with Crippen molar-refractivity contribution >= 4 is 17.5 Å². The van der Waals surface area contributed by atoms with Gasteiger partial charge in [0.25, 0.3) is 5.56 Å². The van der Waals surface area contributed by atoms with E-state index in [2.05, 4.69) is 29.0 Å². The van der Waals surface area contributed by atoms with Gasteiger partial charge in [0.15, 0.2) is 0 Å². The van der Waals surface area contributed by atoms with Gasteiger partial charge < -0.3 is 10.2 Å². The zero-order chi connectivity index (χ0) is 22.0. The lowest BCUT2D eigenvalue weighted by Crippen LogP contribution is -2.43. The summed E-state index contributed by atoms with van der Waals surface area (Å²) in [5, 5.41) is 4.17. The quantitative estimate of drug-likeness (QED) is 0.628. The predicted molar refractivity (Wildman–Crippen MR) is 127 cm³/mol. The Kier molecular flexibility index (Phi) is 6.39. The van der Waals surface area contributed by atoms with Gasteiger partial charge >= 0.3 is 0 Å². The van der Waals surface area contributed by atoms with Gasteiger partial charge in [0.2, 0.25) is 5.95 Å². The summed E-state index contributed by atoms with van der Waals surface area (Å²) in [6.45, 7) is 6.06. The van der Waals surface area contributed by atoms with Gasteiger partial charge in [0, 0.05) is 55.2 Å². The Balaban J connectivity index is 1.86. The van der Waals surface area contributed by atoms with Crippen molar-refractivity contribution < 1.29 is 0 Å². The minimum absolute atomic E-state index is 0.0680. The molecule has 162 valence electrons. The summed E-state index contributed by atoms with van der Waals surface area (Å²) < 4.78 is 1.68. The topological polar surface area (TPSA) is 63.0 Å². The largest absolute Gasteiger partial charge is 0.338 e. The fraction of sp³-hybridized carbons (Fsp3) is 0.375. The van der Waals surface area contributed by atoms with E-state index in [9.17, 15) is 4.79 Å². The molecule has 1 aliphatic rings. The predicted octanol–water partition coefficient (Wildman–Crippen LogP) is 4.13. The highest BCUT2D eigenvalue weighted by Gasteiger charge is 2.29. The minimum Gasteiger partial charge on any atom is -0.338 e. The molecule has 1 saturated heterocycles. The Labute approximate surface area is 187 Å². The van der Waals surface area contributed by atoms with Crippen molar-refractivity contribution in [1.29, 1.82) is 0 Å². The first-order valence-corrected chi connectivity index (χ1v) is 11.1. The third-order valence-electron chi connectivity index (χ3n) is 5.75. The molecule has 0 saturated carbocycles. The number of aromatic nitrogens is 3. The van der Waals surface area contributed by atoms with Gasteiger partial charge in [0.05, 0.1) is 11.3 Å². The molecule has 1 fully saturated rings. The van der Waals surface area contributed by atoms with Crippen LogP contribution in [0.2, 0.25) is 5.02 Å². The van der Waals surface area contributed by atoms with Crippen LogP contribution in [0.25, 0.3) is 22.4 Å². The maximum atomic E-state index is 13.6. The number of anilines is 1. The van der Waals surface area contributed by atoms with E-state index in [4.69, 9.17) is 16.6 Å². The minimum atomic E-state index is -0.0680. The molecule has 0 bridgehead atoms. The molecule has 3 aromatic rings. The van der Waals surface area contributed by atoms with Crippen molar-refractivity contribution in [3.05, 3.63) is 64.2 Å². The second-order valence-electron chi connectivity index (χ2n) is 8.29. The highest BCUT2D eigenvalue weighted by molar-refractivity contribution is 6.30. The van der Waals surface area contributed by atoms with E-state index < -0.39 is 0 Å². The van der Waals surface area contributed by atoms with Crippen LogP contribution in [0.15, 0.2) is 53.6 Å². The van der Waals surface area contributed by atoms with E-state index in [0.717, 1.165) is 37.1 Å². The van der Waals surface area contributed by atoms with Crippen molar-refractivity contribution in [2.45, 2.75) is 38.8 Å². The SMILES string of the molecule is CC(C)NC[C@H]1CCCN1c1nc(-c2ccncc2)c(-c2ccc(Cl)cc2)c(=O)n1C. The van der Waals surface area contributed by atoms with Gasteiger partial charge in [-0.25, -0.2) is 4.98 Å². The lowest BCUT2D eigenvalue weighted by molar-refractivity contribution is 0.517. The van der Waals surface area contributed by atoms with E-state index >= 15 is 0 Å². The average Bonchev–Trinajstić information content (AvgIpc) is 3.24. The van der Waals surface area contributed by atoms with Gasteiger partial charge in [-0.15, -0.1) is 0 Å². The Morgan fingerprint density at radius 3 is 2.52 bits per heavy atom. The van der Waals surface area contributed by atoms with Crippen LogP contribution in [0, 0.1) is 0 Å². The Bertz CT molecular complexity index is 1100. The molecule has 1 aromatic carbocycles. The van der Waals surface area contributed by atoms with Crippen LogP contribution >= 0.6 is 11.6 Å². The molecular weight excluding hydrogens is 410 g/mol. The number of hydrogen-bond acceptors (Lipinski definition) is 5. The van der Waals surface area contributed by atoms with E-state index in [0.29, 0.717) is 34.3 Å². The highest BCUT2D eigenvalue weighted by atomic mass is 35.5. The van der Waals surface area contributed by atoms with Gasteiger partial charge in [-0.2, -0.15) is 0 Å². The monoisotopic (exact) mass is 437 g/mol. The molecule has 4 rings (SSSR count). The summed E-state index contributed by atoms with van der Waals surface area (Å²) in [7, 11) is 1.81. The summed E-state index contributed by atoms with van der Waals surface area (Å²) in [4.78, 5) is 25.1. The fourth-order valence-corrected chi connectivity index (χ4v) is 4.25. The van der Waals surface area contributed by atoms with Gasteiger partial charge in [-0.1, -0.05) is 37.6 Å². The fourth-order valence-electron chi connectivity index (χ4n) is 4.13. The molecule has 2 aromatic heterocycles. The zero-order valence-corrected chi connectivity index (χ0v) is 18.9. The molecule has 0 unspecified atom stereocenters. The lowest BCUT2D eigenvalue weighted by Gasteiger charge is -2.29. The third-order valence-corrected chi connectivity index (χ3v) is 6.00. The van der Waals surface area contributed by atoms with E-state index in [1.807, 2.05) is 31.3 Å². The normalized spacial score (nSPS) is 16.3. The summed E-state index contributed by atoms with van der Waals surface area (Å²) >= 11 is 6.09. The van der Waals surface area contributed by atoms with E-state index in [1.54, 1.807) is 29.1 Å². The molecule has 31 heavy (non-hydrogen) atoms. The van der Waals surface area contributed by atoms with Crippen molar-refractivity contribution in [2.24, 2.45) is 7.05 Å². The standard InChI is InChI=1S/C24H28ClN5O/c1-16(2)27-15-20-5-4-14-30(20)24-28-22(18-10-12-26-13-11-18)21(23(31)29(24)3)17-6-8-19(25)9-7-17/h6-13,16,20,27H,4-5,14-15H2,1-3H3/t20-/m1/s1. The van der Waals surface area contributed by atoms with Crippen molar-refractivity contribution in [1.82, 2.24) is 19.9 Å². The van der Waals surface area contributed by atoms with Crippen LogP contribution in [0.1, 0.15) is 26.7 Å². The Morgan fingerprint density at radius 1 is 1.13 bits per heavy atom. The molecular formula is C24H28ClN5O. The smallest absolute Gasteiger partial charge is 0.263 e. The zero-order valence-electron chi connectivity index (χ0n) is 18.2. The van der Waals surface area contributed by atoms with Crippen molar-refractivity contribution in [2.75, 3.05) is 18.0 Å². The summed E-state index contributed by atoms with van der Waals surface area (Å²) in [5.74, 6) is 0.711. The third kappa shape index (κ3) is 4.50. The molecule has 6 nitrogen and oxygen atoms in total. The molecule has 0 aliphatic carbocycles. The number of halogens is 1. The number of pyridine rings is 1. The van der Waals surface area contributed by atoms with Crippen molar-refractivity contribution in [3.8, 4) is 22.4 Å². The molecule has 7 heteroatoms. The molecule has 0 radical (unpaired) electrons. The van der Waals surface area contributed by atoms with E-state index in [1.165, 1.54) is 0 Å². The molecule has 3 heterocycles. The number of nitrogens with one attached hydrogen (secondary N) is 1. The summed E-state index contributed by atoms with van der Waals surface area (Å²) in [6.07, 6.45) is 5.62.